The molecule has 2 atom stereocenters. The molecule has 0 unspecified atom stereocenters. The Labute approximate surface area is 134 Å². The van der Waals surface area contributed by atoms with Gasteiger partial charge in [-0.25, -0.2) is 0 Å². The van der Waals surface area contributed by atoms with E-state index in [9.17, 15) is 10.1 Å². The van der Waals surface area contributed by atoms with Crippen molar-refractivity contribution in [3.05, 3.63) is 35.7 Å². The van der Waals surface area contributed by atoms with Crippen molar-refractivity contribution in [2.24, 2.45) is 5.92 Å². The van der Waals surface area contributed by atoms with E-state index in [1.807, 2.05) is 36.1 Å². The second-order valence-electron chi connectivity index (χ2n) is 5.22. The maximum atomic E-state index is 12.2. The maximum Gasteiger partial charge on any atom is 0.314 e. The van der Waals surface area contributed by atoms with Gasteiger partial charge in [0.1, 0.15) is 23.8 Å². The van der Waals surface area contributed by atoms with Gasteiger partial charge >= 0.3 is 5.97 Å². The molecule has 0 spiro atoms. The lowest BCUT2D eigenvalue weighted by atomic mass is 9.92. The van der Waals surface area contributed by atoms with Gasteiger partial charge in [-0.2, -0.15) is 5.26 Å². The Kier molecular flexibility index (Phi) is 4.22. The van der Waals surface area contributed by atoms with Gasteiger partial charge in [-0.15, -0.1) is 0 Å². The molecular weight excluding hydrogens is 296 g/mol. The summed E-state index contributed by atoms with van der Waals surface area (Å²) in [6.45, 7) is 4.40. The average Bonchev–Trinajstić information content (AvgIpc) is 2.94. The lowest BCUT2D eigenvalue weighted by Gasteiger charge is -2.35. The van der Waals surface area contributed by atoms with Crippen molar-refractivity contribution in [3.8, 4) is 11.8 Å². The van der Waals surface area contributed by atoms with Crippen LogP contribution in [0, 0.1) is 17.2 Å². The highest BCUT2D eigenvalue weighted by molar-refractivity contribution is 5.80. The van der Waals surface area contributed by atoms with Crippen LogP contribution in [-0.4, -0.2) is 25.4 Å². The van der Waals surface area contributed by atoms with Crippen LogP contribution in [-0.2, 0) is 14.3 Å². The van der Waals surface area contributed by atoms with Gasteiger partial charge in [0.05, 0.1) is 12.3 Å². The fourth-order valence-corrected chi connectivity index (χ4v) is 2.97. The van der Waals surface area contributed by atoms with Crippen molar-refractivity contribution in [2.45, 2.75) is 26.5 Å². The van der Waals surface area contributed by atoms with E-state index in [-0.39, 0.29) is 18.4 Å². The fraction of sp³-hybridized carbons (Fsp3) is 0.412. The van der Waals surface area contributed by atoms with E-state index < -0.39 is 11.9 Å². The molecule has 6 nitrogen and oxygen atoms in total. The Morgan fingerprint density at radius 1 is 1.39 bits per heavy atom. The van der Waals surface area contributed by atoms with Crippen LogP contribution in [0.2, 0.25) is 0 Å². The zero-order valence-electron chi connectivity index (χ0n) is 13.1. The second-order valence-corrected chi connectivity index (χ2v) is 5.22. The summed E-state index contributed by atoms with van der Waals surface area (Å²) in [7, 11) is 0. The largest absolute Gasteiger partial charge is 0.465 e. The molecule has 2 heterocycles. The van der Waals surface area contributed by atoms with Crippen LogP contribution in [0.3, 0.4) is 0 Å². The molecule has 0 amide bonds. The molecule has 0 saturated carbocycles. The zero-order chi connectivity index (χ0) is 16.4. The number of carbonyl (C=O) groups excluding carboxylic acids is 1. The molecule has 0 radical (unpaired) electrons. The molecule has 3 rings (SSSR count). The van der Waals surface area contributed by atoms with Gasteiger partial charge in [0, 0.05) is 13.0 Å². The number of fused-ring (bicyclic) bond motifs is 3. The van der Waals surface area contributed by atoms with Gasteiger partial charge in [-0.3, -0.25) is 9.69 Å². The van der Waals surface area contributed by atoms with E-state index in [1.54, 1.807) is 6.92 Å². The van der Waals surface area contributed by atoms with Crippen LogP contribution in [0.25, 0.3) is 0 Å². The van der Waals surface area contributed by atoms with Crippen LogP contribution in [0.1, 0.15) is 20.3 Å². The number of rotatable bonds is 4. The Morgan fingerprint density at radius 3 is 2.87 bits per heavy atom. The predicted octanol–water partition coefficient (Wildman–Crippen LogP) is 2.57. The first-order chi connectivity index (χ1) is 11.2. The summed E-state index contributed by atoms with van der Waals surface area (Å²) in [4.78, 5) is 14.1. The molecule has 23 heavy (non-hydrogen) atoms. The number of ether oxygens (including phenoxy) is 3. The smallest absolute Gasteiger partial charge is 0.314 e. The summed E-state index contributed by atoms with van der Waals surface area (Å²) in [5, 5.41) is 9.56. The van der Waals surface area contributed by atoms with E-state index in [4.69, 9.17) is 14.2 Å². The van der Waals surface area contributed by atoms with Crippen molar-refractivity contribution in [3.63, 3.8) is 0 Å². The lowest BCUT2D eigenvalue weighted by molar-refractivity contribution is -0.148. The summed E-state index contributed by atoms with van der Waals surface area (Å²) in [6, 6.07) is 9.62. The van der Waals surface area contributed by atoms with Gasteiger partial charge in [0.15, 0.2) is 5.75 Å². The molecule has 0 aromatic heterocycles. The molecule has 2 aliphatic rings. The summed E-state index contributed by atoms with van der Waals surface area (Å²) in [6.07, 6.45) is -0.0123. The number of anilines is 1. The van der Waals surface area contributed by atoms with Crippen molar-refractivity contribution < 1.29 is 19.0 Å². The van der Waals surface area contributed by atoms with E-state index in [2.05, 4.69) is 6.07 Å². The van der Waals surface area contributed by atoms with Crippen LogP contribution in [0.5, 0.6) is 5.75 Å². The fourth-order valence-electron chi connectivity index (χ4n) is 2.97. The Balaban J connectivity index is 2.07. The number of nitriles is 1. The molecule has 2 aliphatic heterocycles. The highest BCUT2D eigenvalue weighted by Crippen LogP contribution is 2.46. The lowest BCUT2D eigenvalue weighted by Crippen LogP contribution is -2.44. The minimum Gasteiger partial charge on any atom is -0.465 e. The van der Waals surface area contributed by atoms with Crippen molar-refractivity contribution in [1.82, 2.24) is 0 Å². The first kappa shape index (κ1) is 15.4. The molecule has 0 N–H and O–H groups in total. The minimum absolute atomic E-state index is 0.271. The minimum atomic E-state index is -0.669. The highest BCUT2D eigenvalue weighted by Gasteiger charge is 2.45. The van der Waals surface area contributed by atoms with Crippen molar-refractivity contribution >= 4 is 11.7 Å². The third-order valence-electron chi connectivity index (χ3n) is 3.91. The monoisotopic (exact) mass is 314 g/mol. The molecule has 0 aliphatic carbocycles. The van der Waals surface area contributed by atoms with Gasteiger partial charge in [-0.05, 0) is 26.0 Å². The van der Waals surface area contributed by atoms with E-state index in [0.717, 1.165) is 5.69 Å². The summed E-state index contributed by atoms with van der Waals surface area (Å²) in [5.41, 5.74) is 1.13. The molecule has 0 fully saturated rings. The Bertz CT molecular complexity index is 692. The van der Waals surface area contributed by atoms with Crippen molar-refractivity contribution in [2.75, 3.05) is 18.1 Å². The predicted molar refractivity (Wildman–Crippen MR) is 82.3 cm³/mol. The maximum absolute atomic E-state index is 12.2. The van der Waals surface area contributed by atoms with E-state index in [0.29, 0.717) is 24.7 Å². The molecule has 1 aromatic rings. The molecule has 6 heteroatoms. The third kappa shape index (κ3) is 2.53. The standard InChI is InChI=1S/C17H18N2O4/c1-3-21-15-9-11(17(20)22-4-2)12(10-18)16-19(15)13-7-5-6-8-14(13)23-16/h5-8,11,15H,3-4,9H2,1-2H3/t11-,15+/m0/s1. The third-order valence-corrected chi connectivity index (χ3v) is 3.91. The number of benzene rings is 1. The molecule has 0 bridgehead atoms. The van der Waals surface area contributed by atoms with E-state index in [1.165, 1.54) is 0 Å². The molecule has 120 valence electrons. The summed E-state index contributed by atoms with van der Waals surface area (Å²) in [5.74, 6) is -0.0570. The van der Waals surface area contributed by atoms with Crippen molar-refractivity contribution in [1.29, 1.82) is 5.26 Å². The average molecular weight is 314 g/mol. The van der Waals surface area contributed by atoms with Crippen LogP contribution in [0.15, 0.2) is 35.7 Å². The SMILES string of the molecule is CCOC(=O)[C@H]1C[C@@H](OCC)N2C(=C1C#N)Oc1ccccc12. The normalized spacial score (nSPS) is 22.0. The number of hydrogen-bond donors (Lipinski definition) is 0. The number of para-hydroxylation sites is 2. The Hall–Kier alpha value is -2.52. The first-order valence-electron chi connectivity index (χ1n) is 7.69. The number of nitrogens with zero attached hydrogens (tertiary/aromatic N) is 2. The summed E-state index contributed by atoms with van der Waals surface area (Å²) >= 11 is 0. The topological polar surface area (TPSA) is 71.8 Å². The molecule has 1 aromatic carbocycles. The number of hydrogen-bond acceptors (Lipinski definition) is 6. The van der Waals surface area contributed by atoms with Gasteiger partial charge in [0.2, 0.25) is 5.88 Å². The quantitative estimate of drug-likeness (QED) is 0.795. The highest BCUT2D eigenvalue weighted by atomic mass is 16.5. The van der Waals surface area contributed by atoms with Gasteiger partial charge < -0.3 is 14.2 Å². The second kappa shape index (κ2) is 6.31. The first-order valence-corrected chi connectivity index (χ1v) is 7.69. The summed E-state index contributed by atoms with van der Waals surface area (Å²) < 4.78 is 16.8. The van der Waals surface area contributed by atoms with Crippen LogP contribution < -0.4 is 9.64 Å². The molecular formula is C17H18N2O4. The number of esters is 1. The molecule has 0 saturated heterocycles. The Morgan fingerprint density at radius 2 is 2.17 bits per heavy atom. The van der Waals surface area contributed by atoms with Gasteiger partial charge in [0.25, 0.3) is 0 Å². The van der Waals surface area contributed by atoms with Crippen LogP contribution >= 0.6 is 0 Å². The van der Waals surface area contributed by atoms with Crippen LogP contribution in [0.4, 0.5) is 5.69 Å². The van der Waals surface area contributed by atoms with Gasteiger partial charge in [-0.1, -0.05) is 12.1 Å². The number of carbonyl (C=O) groups is 1. The van der Waals surface area contributed by atoms with E-state index >= 15 is 0 Å². The zero-order valence-corrected chi connectivity index (χ0v) is 13.1.